The zero-order valence-corrected chi connectivity index (χ0v) is 16.5. The molecule has 31 heavy (non-hydrogen) atoms. The lowest BCUT2D eigenvalue weighted by molar-refractivity contribution is -0.717. The Morgan fingerprint density at radius 3 is 2.77 bits per heavy atom. The molecule has 4 aromatic rings. The Hall–Kier alpha value is -3.91. The third kappa shape index (κ3) is 3.17. The van der Waals surface area contributed by atoms with E-state index in [4.69, 9.17) is 9.15 Å². The van der Waals surface area contributed by atoms with Crippen molar-refractivity contribution in [2.75, 3.05) is 0 Å². The number of aliphatic carboxylic acids is 1. The van der Waals surface area contributed by atoms with E-state index in [9.17, 15) is 19.5 Å². The molecule has 0 fully saturated rings. The smallest absolute Gasteiger partial charge is 0.308 e. The van der Waals surface area contributed by atoms with Crippen molar-refractivity contribution in [3.8, 4) is 5.75 Å². The number of fused-ring (bicyclic) bond motifs is 4. The van der Waals surface area contributed by atoms with Gasteiger partial charge in [0.25, 0.3) is 0 Å². The molecular weight excluding hydrogens is 400 g/mol. The summed E-state index contributed by atoms with van der Waals surface area (Å²) in [6.07, 6.45) is 1.64. The van der Waals surface area contributed by atoms with E-state index in [0.717, 1.165) is 22.2 Å². The maximum atomic E-state index is 13.3. The van der Waals surface area contributed by atoms with Gasteiger partial charge in [0.2, 0.25) is 5.43 Å². The van der Waals surface area contributed by atoms with Gasteiger partial charge in [-0.3, -0.25) is 9.59 Å². The van der Waals surface area contributed by atoms with E-state index in [2.05, 4.69) is 4.98 Å². The minimum Gasteiger partial charge on any atom is -0.544 e. The van der Waals surface area contributed by atoms with E-state index in [0.29, 0.717) is 17.4 Å². The number of para-hydroxylation sites is 1. The topological polar surface area (TPSA) is 129 Å². The average Bonchev–Trinajstić information content (AvgIpc) is 3.12. The number of benzene rings is 2. The molecule has 0 saturated carbocycles. The number of hydrogen-bond acceptors (Lipinski definition) is 6. The van der Waals surface area contributed by atoms with E-state index in [1.807, 2.05) is 24.3 Å². The molecule has 3 heterocycles. The molecule has 0 spiro atoms. The molecule has 1 aliphatic rings. The molecule has 156 valence electrons. The number of carboxylic acids is 1. The molecule has 2 aromatic carbocycles. The number of nitrogens with two attached hydrogens (primary N) is 1. The lowest BCUT2D eigenvalue weighted by atomic mass is 9.90. The lowest BCUT2D eigenvalue weighted by Gasteiger charge is -2.28. The Bertz CT molecular complexity index is 1420. The molecule has 2 atom stereocenters. The van der Waals surface area contributed by atoms with Gasteiger partial charge < -0.3 is 29.4 Å². The molecule has 0 bridgehead atoms. The predicted molar refractivity (Wildman–Crippen MR) is 108 cm³/mol. The zero-order valence-electron chi connectivity index (χ0n) is 16.5. The van der Waals surface area contributed by atoms with Crippen molar-refractivity contribution in [1.29, 1.82) is 0 Å². The van der Waals surface area contributed by atoms with Crippen LogP contribution in [0.5, 0.6) is 5.75 Å². The molecule has 8 heteroatoms. The van der Waals surface area contributed by atoms with Crippen LogP contribution >= 0.6 is 0 Å². The Balaban J connectivity index is 1.67. The van der Waals surface area contributed by atoms with E-state index in [1.54, 1.807) is 5.32 Å². The van der Waals surface area contributed by atoms with Crippen LogP contribution in [0.2, 0.25) is 0 Å². The first-order valence-corrected chi connectivity index (χ1v) is 9.81. The fraction of sp³-hybridized carbons (Fsp3) is 0.174. The van der Waals surface area contributed by atoms with Crippen LogP contribution in [0, 0.1) is 0 Å². The van der Waals surface area contributed by atoms with Gasteiger partial charge in [-0.15, -0.1) is 0 Å². The standard InChI is InChI=1S/C23H18N2O6/c1-11(26)31-12-6-7-14-19(8-12)30-10-16(22(14)27)21-20-15(9-18(25-21)23(28)29)13-4-2-3-5-17(13)24-20/h2-8,10,18,21,24-25H,9H2,1H3,(H,28,29)/t18-,21+/m1/s1. The highest BCUT2D eigenvalue weighted by Crippen LogP contribution is 2.31. The van der Waals surface area contributed by atoms with Crippen molar-refractivity contribution < 1.29 is 29.2 Å². The van der Waals surface area contributed by atoms with Gasteiger partial charge in [0, 0.05) is 30.3 Å². The van der Waals surface area contributed by atoms with Crippen LogP contribution in [0.15, 0.2) is 57.9 Å². The van der Waals surface area contributed by atoms with Crippen LogP contribution in [0.25, 0.3) is 21.9 Å². The highest BCUT2D eigenvalue weighted by Gasteiger charge is 2.36. The fourth-order valence-corrected chi connectivity index (χ4v) is 4.31. The van der Waals surface area contributed by atoms with E-state index in [-0.39, 0.29) is 16.8 Å². The van der Waals surface area contributed by atoms with Gasteiger partial charge in [0.15, 0.2) is 6.04 Å². The Labute approximate surface area is 175 Å². The SMILES string of the molecule is CC(=O)Oc1ccc2c(=O)c([C@@H]3[NH2+][C@@H](C(=O)[O-])Cc4c3[nH]c3ccccc43)coc2c1. The van der Waals surface area contributed by atoms with Crippen molar-refractivity contribution in [3.63, 3.8) is 0 Å². The lowest BCUT2D eigenvalue weighted by Crippen LogP contribution is -2.96. The summed E-state index contributed by atoms with van der Waals surface area (Å²) in [6, 6.07) is 10.7. The Morgan fingerprint density at radius 2 is 2.00 bits per heavy atom. The van der Waals surface area contributed by atoms with E-state index >= 15 is 0 Å². The molecule has 8 nitrogen and oxygen atoms in total. The van der Waals surface area contributed by atoms with Gasteiger partial charge in [0.05, 0.1) is 22.6 Å². The van der Waals surface area contributed by atoms with E-state index < -0.39 is 24.0 Å². The van der Waals surface area contributed by atoms with Crippen LogP contribution in [0.4, 0.5) is 0 Å². The van der Waals surface area contributed by atoms with Crippen molar-refractivity contribution in [3.05, 3.63) is 75.8 Å². The number of carboxylic acid groups (broad SMARTS) is 1. The van der Waals surface area contributed by atoms with Crippen molar-refractivity contribution in [2.24, 2.45) is 0 Å². The first-order valence-electron chi connectivity index (χ1n) is 9.81. The first-order chi connectivity index (χ1) is 14.9. The number of H-pyrrole nitrogens is 1. The zero-order chi connectivity index (χ0) is 21.7. The van der Waals surface area contributed by atoms with Gasteiger partial charge in [0.1, 0.15) is 23.6 Å². The second kappa shape index (κ2) is 7.10. The number of hydrogen-bond donors (Lipinski definition) is 2. The molecule has 5 rings (SSSR count). The maximum absolute atomic E-state index is 13.3. The minimum absolute atomic E-state index is 0.273. The molecule has 3 N–H and O–H groups in total. The van der Waals surface area contributed by atoms with Crippen LogP contribution in [-0.4, -0.2) is 23.0 Å². The van der Waals surface area contributed by atoms with Gasteiger partial charge in [-0.2, -0.15) is 0 Å². The first kappa shape index (κ1) is 19.1. The number of ether oxygens (including phenoxy) is 1. The number of carbonyl (C=O) groups excluding carboxylic acids is 2. The Kier molecular flexibility index (Phi) is 4.37. The molecule has 1 aliphatic heterocycles. The van der Waals surface area contributed by atoms with Crippen LogP contribution < -0.4 is 20.6 Å². The van der Waals surface area contributed by atoms with Crippen LogP contribution in [-0.2, 0) is 16.0 Å². The number of aromatic amines is 1. The average molecular weight is 418 g/mol. The summed E-state index contributed by atoms with van der Waals surface area (Å²) in [5.41, 5.74) is 2.84. The summed E-state index contributed by atoms with van der Waals surface area (Å²) in [4.78, 5) is 39.5. The molecule has 0 aliphatic carbocycles. The summed E-state index contributed by atoms with van der Waals surface area (Å²) in [5, 5.41) is 14.6. The number of esters is 1. The third-order valence-electron chi connectivity index (χ3n) is 5.68. The highest BCUT2D eigenvalue weighted by molar-refractivity contribution is 5.86. The van der Waals surface area contributed by atoms with Crippen molar-refractivity contribution in [2.45, 2.75) is 25.4 Å². The highest BCUT2D eigenvalue weighted by atomic mass is 16.5. The summed E-state index contributed by atoms with van der Waals surface area (Å²) >= 11 is 0. The molecule has 2 aromatic heterocycles. The quantitative estimate of drug-likeness (QED) is 0.369. The van der Waals surface area contributed by atoms with Crippen molar-refractivity contribution >= 4 is 33.8 Å². The minimum atomic E-state index is -1.18. The molecule has 0 radical (unpaired) electrons. The van der Waals surface area contributed by atoms with Crippen LogP contribution in [0.3, 0.4) is 0 Å². The molecule has 0 saturated heterocycles. The fourth-order valence-electron chi connectivity index (χ4n) is 4.31. The predicted octanol–water partition coefficient (Wildman–Crippen LogP) is 0.527. The van der Waals surface area contributed by atoms with Gasteiger partial charge in [-0.25, -0.2) is 0 Å². The van der Waals surface area contributed by atoms with E-state index in [1.165, 1.54) is 31.4 Å². The maximum Gasteiger partial charge on any atom is 0.308 e. The number of nitrogens with one attached hydrogen (secondary N) is 1. The number of quaternary nitrogens is 1. The molecular formula is C23H18N2O6. The number of rotatable bonds is 3. The second-order valence-corrected chi connectivity index (χ2v) is 7.63. The third-order valence-corrected chi connectivity index (χ3v) is 5.68. The van der Waals surface area contributed by atoms with Crippen LogP contribution in [0.1, 0.15) is 29.8 Å². The summed E-state index contributed by atoms with van der Waals surface area (Å²) in [6.45, 7) is 1.29. The second-order valence-electron chi connectivity index (χ2n) is 7.63. The molecule has 0 unspecified atom stereocenters. The summed E-state index contributed by atoms with van der Waals surface area (Å²) < 4.78 is 10.7. The monoisotopic (exact) mass is 418 g/mol. The van der Waals surface area contributed by atoms with Gasteiger partial charge in [-0.1, -0.05) is 18.2 Å². The van der Waals surface area contributed by atoms with Gasteiger partial charge in [-0.05, 0) is 23.8 Å². The summed E-state index contributed by atoms with van der Waals surface area (Å²) in [7, 11) is 0. The Morgan fingerprint density at radius 1 is 1.19 bits per heavy atom. The largest absolute Gasteiger partial charge is 0.544 e. The van der Waals surface area contributed by atoms with Gasteiger partial charge >= 0.3 is 5.97 Å². The number of aromatic nitrogens is 1. The molecule has 0 amide bonds. The van der Waals surface area contributed by atoms with Crippen molar-refractivity contribution in [1.82, 2.24) is 4.98 Å². The normalized spacial score (nSPS) is 18.1. The number of carbonyl (C=O) groups is 2. The summed E-state index contributed by atoms with van der Waals surface area (Å²) in [5.74, 6) is -1.39.